The number of carboxylic acid groups (broad SMARTS) is 1. The summed E-state index contributed by atoms with van der Waals surface area (Å²) in [4.78, 5) is 13.1. The third-order valence-electron chi connectivity index (χ3n) is 3.59. The van der Waals surface area contributed by atoms with Crippen molar-refractivity contribution in [2.45, 2.75) is 45.1 Å². The van der Waals surface area contributed by atoms with E-state index in [4.69, 9.17) is 10.2 Å². The topological polar surface area (TPSA) is 60.8 Å². The summed E-state index contributed by atoms with van der Waals surface area (Å²) < 4.78 is 0. The quantitative estimate of drug-likeness (QED) is 0.721. The van der Waals surface area contributed by atoms with Gasteiger partial charge in [0.1, 0.15) is 0 Å². The van der Waals surface area contributed by atoms with Crippen molar-refractivity contribution in [3.63, 3.8) is 0 Å². The largest absolute Gasteiger partial charge is 0.481 e. The Hall–Kier alpha value is -0.610. The van der Waals surface area contributed by atoms with Gasteiger partial charge in [-0.1, -0.05) is 6.42 Å². The zero-order valence-electron chi connectivity index (χ0n) is 10.1. The molecule has 0 aliphatic carbocycles. The maximum Gasteiger partial charge on any atom is 0.303 e. The molecule has 0 amide bonds. The number of likely N-dealkylation sites (tertiary alicyclic amines) is 1. The predicted octanol–water partition coefficient (Wildman–Crippen LogP) is 1.33. The molecule has 16 heavy (non-hydrogen) atoms. The molecule has 1 fully saturated rings. The summed E-state index contributed by atoms with van der Waals surface area (Å²) in [6.07, 6.45) is 4.46. The molecule has 1 aliphatic heterocycles. The van der Waals surface area contributed by atoms with Crippen LogP contribution in [-0.4, -0.2) is 46.8 Å². The van der Waals surface area contributed by atoms with E-state index in [-0.39, 0.29) is 25.0 Å². The molecule has 2 atom stereocenters. The zero-order chi connectivity index (χ0) is 12.0. The maximum atomic E-state index is 10.8. The highest BCUT2D eigenvalue weighted by atomic mass is 16.4. The first kappa shape index (κ1) is 13.5. The highest BCUT2D eigenvalue weighted by molar-refractivity contribution is 5.67. The lowest BCUT2D eigenvalue weighted by molar-refractivity contribution is -0.138. The van der Waals surface area contributed by atoms with Crippen molar-refractivity contribution >= 4 is 5.97 Å². The lowest BCUT2D eigenvalue weighted by atomic mass is 9.91. The molecule has 4 nitrogen and oxygen atoms in total. The second kappa shape index (κ2) is 6.86. The first-order valence-electron chi connectivity index (χ1n) is 6.22. The van der Waals surface area contributed by atoms with Crippen LogP contribution in [0, 0.1) is 5.92 Å². The molecule has 1 aliphatic rings. The second-order valence-corrected chi connectivity index (χ2v) is 4.71. The Morgan fingerprint density at radius 1 is 1.31 bits per heavy atom. The van der Waals surface area contributed by atoms with Gasteiger partial charge in [0.2, 0.25) is 0 Å². The minimum Gasteiger partial charge on any atom is -0.481 e. The van der Waals surface area contributed by atoms with Crippen LogP contribution in [0.25, 0.3) is 0 Å². The summed E-state index contributed by atoms with van der Waals surface area (Å²) in [5.74, 6) is -0.692. The van der Waals surface area contributed by atoms with Gasteiger partial charge in [-0.2, -0.15) is 0 Å². The number of carbonyl (C=O) groups is 1. The Balaban J connectivity index is 2.50. The van der Waals surface area contributed by atoms with Gasteiger partial charge in [0.25, 0.3) is 0 Å². The number of aliphatic hydroxyl groups is 1. The number of aliphatic carboxylic acids is 1. The van der Waals surface area contributed by atoms with E-state index >= 15 is 0 Å². The van der Waals surface area contributed by atoms with Gasteiger partial charge in [0, 0.05) is 19.1 Å². The SMILES string of the molecule is CC(C(CCO)CC(=O)O)N1CCCCC1. The Morgan fingerprint density at radius 3 is 2.44 bits per heavy atom. The van der Waals surface area contributed by atoms with Gasteiger partial charge in [-0.15, -0.1) is 0 Å². The second-order valence-electron chi connectivity index (χ2n) is 4.71. The first-order valence-corrected chi connectivity index (χ1v) is 6.22. The molecule has 0 spiro atoms. The van der Waals surface area contributed by atoms with Crippen LogP contribution in [0.1, 0.15) is 39.0 Å². The monoisotopic (exact) mass is 229 g/mol. The van der Waals surface area contributed by atoms with Gasteiger partial charge in [0.15, 0.2) is 0 Å². The molecule has 2 N–H and O–H groups in total. The van der Waals surface area contributed by atoms with E-state index in [0.29, 0.717) is 6.42 Å². The number of nitrogens with zero attached hydrogens (tertiary/aromatic N) is 1. The van der Waals surface area contributed by atoms with Crippen molar-refractivity contribution in [3.05, 3.63) is 0 Å². The third-order valence-corrected chi connectivity index (χ3v) is 3.59. The van der Waals surface area contributed by atoms with E-state index in [9.17, 15) is 4.79 Å². The molecule has 1 rings (SSSR count). The molecule has 0 aromatic carbocycles. The van der Waals surface area contributed by atoms with Crippen molar-refractivity contribution in [1.29, 1.82) is 0 Å². The Labute approximate surface area is 97.3 Å². The maximum absolute atomic E-state index is 10.8. The van der Waals surface area contributed by atoms with Gasteiger partial charge < -0.3 is 15.1 Å². The molecule has 1 saturated heterocycles. The van der Waals surface area contributed by atoms with Crippen LogP contribution in [-0.2, 0) is 4.79 Å². The fraction of sp³-hybridized carbons (Fsp3) is 0.917. The summed E-state index contributed by atoms with van der Waals surface area (Å²) >= 11 is 0. The number of aliphatic hydroxyl groups excluding tert-OH is 1. The molecule has 2 unspecified atom stereocenters. The Morgan fingerprint density at radius 2 is 1.94 bits per heavy atom. The van der Waals surface area contributed by atoms with Crippen molar-refractivity contribution in [3.8, 4) is 0 Å². The average molecular weight is 229 g/mol. The van der Waals surface area contributed by atoms with E-state index in [0.717, 1.165) is 13.1 Å². The Bertz CT molecular complexity index is 214. The molecular weight excluding hydrogens is 206 g/mol. The molecule has 0 radical (unpaired) electrons. The van der Waals surface area contributed by atoms with Crippen LogP contribution >= 0.6 is 0 Å². The number of piperidine rings is 1. The summed E-state index contributed by atoms with van der Waals surface area (Å²) in [5.41, 5.74) is 0. The van der Waals surface area contributed by atoms with Gasteiger partial charge in [-0.25, -0.2) is 0 Å². The number of hydrogen-bond donors (Lipinski definition) is 2. The molecule has 94 valence electrons. The Kier molecular flexibility index (Phi) is 5.77. The standard InChI is InChI=1S/C12H23NO3/c1-10(13-6-3-2-4-7-13)11(5-8-14)9-12(15)16/h10-11,14H,2-9H2,1H3,(H,15,16). The van der Waals surface area contributed by atoms with Crippen LogP contribution in [0.3, 0.4) is 0 Å². The number of rotatable bonds is 6. The fourth-order valence-electron chi connectivity index (χ4n) is 2.53. The van der Waals surface area contributed by atoms with Crippen molar-refractivity contribution in [2.75, 3.05) is 19.7 Å². The van der Waals surface area contributed by atoms with E-state index in [1.54, 1.807) is 0 Å². The lowest BCUT2D eigenvalue weighted by Crippen LogP contribution is -2.42. The smallest absolute Gasteiger partial charge is 0.303 e. The lowest BCUT2D eigenvalue weighted by Gasteiger charge is -2.36. The van der Waals surface area contributed by atoms with Crippen molar-refractivity contribution in [1.82, 2.24) is 4.90 Å². The fourth-order valence-corrected chi connectivity index (χ4v) is 2.53. The van der Waals surface area contributed by atoms with Crippen LogP contribution in [0.2, 0.25) is 0 Å². The highest BCUT2D eigenvalue weighted by Gasteiger charge is 2.26. The summed E-state index contributed by atoms with van der Waals surface area (Å²) in [7, 11) is 0. The number of hydrogen-bond acceptors (Lipinski definition) is 3. The minimum atomic E-state index is -0.762. The van der Waals surface area contributed by atoms with Gasteiger partial charge in [-0.3, -0.25) is 4.79 Å². The first-order chi connectivity index (χ1) is 7.65. The van der Waals surface area contributed by atoms with Crippen molar-refractivity contribution in [2.24, 2.45) is 5.92 Å². The van der Waals surface area contributed by atoms with Crippen LogP contribution in [0.15, 0.2) is 0 Å². The van der Waals surface area contributed by atoms with Crippen LogP contribution < -0.4 is 0 Å². The van der Waals surface area contributed by atoms with E-state index in [1.165, 1.54) is 19.3 Å². The van der Waals surface area contributed by atoms with E-state index in [2.05, 4.69) is 11.8 Å². The van der Waals surface area contributed by atoms with Crippen LogP contribution in [0.5, 0.6) is 0 Å². The highest BCUT2D eigenvalue weighted by Crippen LogP contribution is 2.22. The molecule has 4 heteroatoms. The number of carboxylic acids is 1. The van der Waals surface area contributed by atoms with Crippen molar-refractivity contribution < 1.29 is 15.0 Å². The molecule has 0 aromatic rings. The summed E-state index contributed by atoms with van der Waals surface area (Å²) in [5, 5.41) is 17.8. The molecule has 0 saturated carbocycles. The van der Waals surface area contributed by atoms with Gasteiger partial charge in [-0.05, 0) is 45.2 Å². The third kappa shape index (κ3) is 4.10. The van der Waals surface area contributed by atoms with Gasteiger partial charge >= 0.3 is 5.97 Å². The minimum absolute atomic E-state index is 0.0700. The summed E-state index contributed by atoms with van der Waals surface area (Å²) in [6, 6.07) is 0.267. The predicted molar refractivity (Wildman–Crippen MR) is 62.3 cm³/mol. The average Bonchev–Trinajstić information content (AvgIpc) is 2.28. The van der Waals surface area contributed by atoms with Gasteiger partial charge in [0.05, 0.1) is 0 Å². The molecule has 1 heterocycles. The van der Waals surface area contributed by atoms with E-state index < -0.39 is 5.97 Å². The zero-order valence-corrected chi connectivity index (χ0v) is 10.1. The summed E-state index contributed by atoms with van der Waals surface area (Å²) in [6.45, 7) is 4.32. The van der Waals surface area contributed by atoms with E-state index in [1.807, 2.05) is 0 Å². The molecule has 0 bridgehead atoms. The van der Waals surface area contributed by atoms with Crippen LogP contribution in [0.4, 0.5) is 0 Å². The molecule has 0 aromatic heterocycles. The normalized spacial score (nSPS) is 21.6. The molecular formula is C12H23NO3.